The summed E-state index contributed by atoms with van der Waals surface area (Å²) < 4.78 is 1.88. The number of aromatic nitrogens is 4. The molecule has 3 heterocycles. The molecule has 1 atom stereocenters. The molecule has 0 saturated carbocycles. The number of anilines is 1. The van der Waals surface area contributed by atoms with E-state index in [0.29, 0.717) is 12.4 Å². The average molecular weight is 450 g/mol. The molecule has 1 unspecified atom stereocenters. The Labute approximate surface area is 199 Å². The van der Waals surface area contributed by atoms with Crippen molar-refractivity contribution in [3.8, 4) is 22.5 Å². The highest BCUT2D eigenvalue weighted by Gasteiger charge is 2.17. The zero-order chi connectivity index (χ0) is 23.3. The molecule has 5 aromatic rings. The van der Waals surface area contributed by atoms with Crippen LogP contribution in [0.3, 0.4) is 0 Å². The van der Waals surface area contributed by atoms with E-state index in [4.69, 9.17) is 10.1 Å². The lowest BCUT2D eigenvalue weighted by atomic mass is 9.98. The fourth-order valence-corrected chi connectivity index (χ4v) is 4.18. The molecule has 0 radical (unpaired) electrons. The lowest BCUT2D eigenvalue weighted by Gasteiger charge is -2.14. The molecule has 34 heavy (non-hydrogen) atoms. The Balaban J connectivity index is 1.61. The molecule has 0 aliphatic carbocycles. The molecule has 0 saturated heterocycles. The van der Waals surface area contributed by atoms with Gasteiger partial charge in [0.1, 0.15) is 5.52 Å². The molecule has 0 aliphatic heterocycles. The first-order valence-corrected chi connectivity index (χ1v) is 11.6. The third kappa shape index (κ3) is 4.40. The predicted molar refractivity (Wildman–Crippen MR) is 136 cm³/mol. The zero-order valence-corrected chi connectivity index (χ0v) is 19.1. The number of nitrogens with one attached hydrogen (secondary N) is 1. The van der Waals surface area contributed by atoms with Gasteiger partial charge in [0.2, 0.25) is 0 Å². The molecule has 0 spiro atoms. The summed E-state index contributed by atoms with van der Waals surface area (Å²) in [5.74, 6) is 1.39. The Morgan fingerprint density at radius 3 is 2.44 bits per heavy atom. The number of hydrogen-bond donors (Lipinski definition) is 2. The van der Waals surface area contributed by atoms with Crippen molar-refractivity contribution in [2.75, 3.05) is 11.9 Å². The van der Waals surface area contributed by atoms with Crippen molar-refractivity contribution in [3.63, 3.8) is 0 Å². The topological polar surface area (TPSA) is 75.3 Å². The summed E-state index contributed by atoms with van der Waals surface area (Å²) in [4.78, 5) is 9.36. The van der Waals surface area contributed by atoms with Crippen molar-refractivity contribution in [3.05, 3.63) is 103 Å². The number of fused-ring (bicyclic) bond motifs is 1. The number of aliphatic hydroxyl groups is 1. The van der Waals surface area contributed by atoms with E-state index >= 15 is 0 Å². The number of hydrogen-bond acceptors (Lipinski definition) is 5. The maximum atomic E-state index is 9.74. The van der Waals surface area contributed by atoms with Crippen LogP contribution in [-0.2, 0) is 6.54 Å². The number of benzene rings is 2. The molecule has 2 N–H and O–H groups in total. The van der Waals surface area contributed by atoms with E-state index in [1.807, 2.05) is 59.4 Å². The van der Waals surface area contributed by atoms with Crippen LogP contribution in [0.5, 0.6) is 0 Å². The van der Waals surface area contributed by atoms with Gasteiger partial charge in [0.05, 0.1) is 0 Å². The van der Waals surface area contributed by atoms with Crippen LogP contribution in [0, 0.1) is 0 Å². The van der Waals surface area contributed by atoms with Crippen molar-refractivity contribution in [2.24, 2.45) is 0 Å². The molecule has 5 rings (SSSR count). The first-order chi connectivity index (χ1) is 16.8. The van der Waals surface area contributed by atoms with E-state index in [0.717, 1.165) is 40.0 Å². The lowest BCUT2D eigenvalue weighted by molar-refractivity contribution is 0.262. The fraction of sp³-hybridized carbons (Fsp3) is 0.179. The van der Waals surface area contributed by atoms with Crippen LogP contribution in [-0.4, -0.2) is 31.3 Å². The van der Waals surface area contributed by atoms with Crippen LogP contribution in [0.25, 0.3) is 28.0 Å². The summed E-state index contributed by atoms with van der Waals surface area (Å²) >= 11 is 0. The molecular weight excluding hydrogens is 422 g/mol. The normalized spacial score (nSPS) is 12.1. The molecule has 0 fully saturated rings. The van der Waals surface area contributed by atoms with E-state index in [-0.39, 0.29) is 12.5 Å². The number of nitrogens with zero attached hydrogens (tertiary/aromatic N) is 4. The molecule has 0 aliphatic rings. The van der Waals surface area contributed by atoms with Gasteiger partial charge in [0, 0.05) is 48.8 Å². The summed E-state index contributed by atoms with van der Waals surface area (Å²) in [6.45, 7) is 2.79. The van der Waals surface area contributed by atoms with E-state index in [1.165, 1.54) is 5.56 Å². The lowest BCUT2D eigenvalue weighted by Crippen LogP contribution is -2.08. The molecule has 2 aromatic carbocycles. The van der Waals surface area contributed by atoms with Crippen LogP contribution >= 0.6 is 0 Å². The summed E-state index contributed by atoms with van der Waals surface area (Å²) in [7, 11) is 0. The third-order valence-corrected chi connectivity index (χ3v) is 6.10. The van der Waals surface area contributed by atoms with Gasteiger partial charge in [-0.2, -0.15) is 0 Å². The van der Waals surface area contributed by atoms with Gasteiger partial charge in [0.25, 0.3) is 0 Å². The monoisotopic (exact) mass is 449 g/mol. The van der Waals surface area contributed by atoms with Gasteiger partial charge in [-0.15, -0.1) is 5.10 Å². The second-order valence-corrected chi connectivity index (χ2v) is 8.31. The quantitative estimate of drug-likeness (QED) is 0.325. The minimum absolute atomic E-state index is 0.0446. The van der Waals surface area contributed by atoms with Crippen LogP contribution in [0.15, 0.2) is 91.4 Å². The molecular formula is C28H27N5O. The standard InChI is InChI=1S/C28H27N5O/c1-2-21(19-34)23-15-24(18-29-17-23)27-31-28(30-16-20-9-5-3-6-10-20)26-25(13-14-33(26)32-27)22-11-7-4-8-12-22/h3-15,17-18,21,34H,2,16,19H2,1H3,(H,30,31,32). The fourth-order valence-electron chi connectivity index (χ4n) is 4.18. The first-order valence-electron chi connectivity index (χ1n) is 11.6. The highest BCUT2D eigenvalue weighted by molar-refractivity contribution is 5.89. The van der Waals surface area contributed by atoms with E-state index < -0.39 is 0 Å². The summed E-state index contributed by atoms with van der Waals surface area (Å²) in [5.41, 5.74) is 6.09. The Bertz CT molecular complexity index is 1380. The van der Waals surface area contributed by atoms with E-state index in [2.05, 4.69) is 47.6 Å². The highest BCUT2D eigenvalue weighted by Crippen LogP contribution is 2.31. The smallest absolute Gasteiger partial charge is 0.183 e. The Morgan fingerprint density at radius 1 is 0.941 bits per heavy atom. The van der Waals surface area contributed by atoms with Crippen LogP contribution < -0.4 is 5.32 Å². The van der Waals surface area contributed by atoms with Gasteiger partial charge < -0.3 is 10.4 Å². The number of rotatable bonds is 8. The average Bonchev–Trinajstić information content (AvgIpc) is 3.34. The maximum Gasteiger partial charge on any atom is 0.183 e. The minimum Gasteiger partial charge on any atom is -0.396 e. The van der Waals surface area contributed by atoms with Crippen molar-refractivity contribution in [1.82, 2.24) is 19.6 Å². The van der Waals surface area contributed by atoms with Gasteiger partial charge in [0.15, 0.2) is 11.6 Å². The van der Waals surface area contributed by atoms with Crippen molar-refractivity contribution in [2.45, 2.75) is 25.8 Å². The van der Waals surface area contributed by atoms with Gasteiger partial charge in [-0.25, -0.2) is 9.50 Å². The molecule has 170 valence electrons. The molecule has 6 heteroatoms. The summed E-state index contributed by atoms with van der Waals surface area (Å²) in [6, 6.07) is 24.6. The Kier molecular flexibility index (Phi) is 6.31. The minimum atomic E-state index is 0.0446. The predicted octanol–water partition coefficient (Wildman–Crippen LogP) is 5.56. The van der Waals surface area contributed by atoms with Gasteiger partial charge in [-0.1, -0.05) is 67.6 Å². The molecule has 0 bridgehead atoms. The zero-order valence-electron chi connectivity index (χ0n) is 19.1. The van der Waals surface area contributed by atoms with E-state index in [9.17, 15) is 5.11 Å². The Hall–Kier alpha value is -4.03. The third-order valence-electron chi connectivity index (χ3n) is 6.10. The summed E-state index contributed by atoms with van der Waals surface area (Å²) in [6.07, 6.45) is 6.39. The van der Waals surface area contributed by atoms with Crippen LogP contribution in [0.1, 0.15) is 30.4 Å². The molecule has 3 aromatic heterocycles. The van der Waals surface area contributed by atoms with Gasteiger partial charge in [-0.3, -0.25) is 4.98 Å². The van der Waals surface area contributed by atoms with Gasteiger partial charge >= 0.3 is 0 Å². The van der Waals surface area contributed by atoms with Crippen LogP contribution in [0.2, 0.25) is 0 Å². The second-order valence-electron chi connectivity index (χ2n) is 8.31. The molecule has 0 amide bonds. The summed E-state index contributed by atoms with van der Waals surface area (Å²) in [5, 5.41) is 18.1. The second kappa shape index (κ2) is 9.85. The SMILES string of the molecule is CCC(CO)c1cncc(-c2nc(NCc3ccccc3)c3c(-c4ccccc4)ccn3n2)c1. The van der Waals surface area contributed by atoms with Crippen LogP contribution in [0.4, 0.5) is 5.82 Å². The van der Waals surface area contributed by atoms with Gasteiger partial charge in [-0.05, 0) is 35.2 Å². The van der Waals surface area contributed by atoms with Crippen molar-refractivity contribution < 1.29 is 5.11 Å². The highest BCUT2D eigenvalue weighted by atomic mass is 16.3. The Morgan fingerprint density at radius 2 is 1.71 bits per heavy atom. The van der Waals surface area contributed by atoms with Crippen molar-refractivity contribution >= 4 is 11.3 Å². The first kappa shape index (κ1) is 21.8. The maximum absolute atomic E-state index is 9.74. The largest absolute Gasteiger partial charge is 0.396 e. The number of pyridine rings is 1. The van der Waals surface area contributed by atoms with Crippen molar-refractivity contribution in [1.29, 1.82) is 0 Å². The molecule has 6 nitrogen and oxygen atoms in total. The number of aliphatic hydroxyl groups excluding tert-OH is 1. The van der Waals surface area contributed by atoms with E-state index in [1.54, 1.807) is 6.20 Å².